The molecule has 0 aliphatic carbocycles. The third-order valence-corrected chi connectivity index (χ3v) is 2.93. The predicted octanol–water partition coefficient (Wildman–Crippen LogP) is 2.10. The summed E-state index contributed by atoms with van der Waals surface area (Å²) < 4.78 is 9.80. The van der Waals surface area contributed by atoms with E-state index >= 15 is 0 Å². The van der Waals surface area contributed by atoms with Crippen LogP contribution in [0.3, 0.4) is 0 Å². The zero-order chi connectivity index (χ0) is 17.1. The number of carbonyl (C=O) groups is 3. The molecule has 0 bridgehead atoms. The standard InChI is InChI=1S/C16H21NO6/c1-2-3-9-22-16(21)17-13(15(19)20)10-14(18)23-11-12-7-5-4-6-8-12/h4-8,13H,2-3,9-11H2,1H3,(H,17,21)(H,19,20). The second-order valence-electron chi connectivity index (χ2n) is 4.88. The number of amides is 1. The van der Waals surface area contributed by atoms with Gasteiger partial charge in [-0.3, -0.25) is 4.79 Å². The van der Waals surface area contributed by atoms with Crippen LogP contribution >= 0.6 is 0 Å². The van der Waals surface area contributed by atoms with Crippen molar-refractivity contribution in [3.63, 3.8) is 0 Å². The number of ether oxygens (including phenoxy) is 2. The smallest absolute Gasteiger partial charge is 0.407 e. The number of aliphatic carboxylic acids is 1. The van der Waals surface area contributed by atoms with Crippen LogP contribution < -0.4 is 5.32 Å². The van der Waals surface area contributed by atoms with Gasteiger partial charge in [0.1, 0.15) is 12.6 Å². The molecular formula is C16H21NO6. The Labute approximate surface area is 134 Å². The number of carboxylic acids is 1. The Morgan fingerprint density at radius 1 is 1.17 bits per heavy atom. The van der Waals surface area contributed by atoms with E-state index < -0.39 is 30.5 Å². The van der Waals surface area contributed by atoms with E-state index in [0.717, 1.165) is 12.0 Å². The first-order valence-corrected chi connectivity index (χ1v) is 7.38. The molecular weight excluding hydrogens is 302 g/mol. The number of alkyl carbamates (subject to hydrolysis) is 1. The highest BCUT2D eigenvalue weighted by atomic mass is 16.5. The van der Waals surface area contributed by atoms with Gasteiger partial charge >= 0.3 is 18.0 Å². The number of hydrogen-bond donors (Lipinski definition) is 2. The van der Waals surface area contributed by atoms with E-state index in [1.165, 1.54) is 0 Å². The van der Waals surface area contributed by atoms with Gasteiger partial charge in [0.25, 0.3) is 0 Å². The molecule has 2 N–H and O–H groups in total. The maximum atomic E-state index is 11.7. The highest BCUT2D eigenvalue weighted by molar-refractivity contribution is 5.85. The first kappa shape index (κ1) is 18.5. The third-order valence-electron chi connectivity index (χ3n) is 2.93. The fraction of sp³-hybridized carbons (Fsp3) is 0.438. The number of rotatable bonds is 9. The molecule has 0 aromatic heterocycles. The molecule has 0 spiro atoms. The summed E-state index contributed by atoms with van der Waals surface area (Å²) in [5.41, 5.74) is 0.791. The van der Waals surface area contributed by atoms with Crippen molar-refractivity contribution >= 4 is 18.0 Å². The summed E-state index contributed by atoms with van der Waals surface area (Å²) in [5.74, 6) is -2.04. The van der Waals surface area contributed by atoms with Crippen LogP contribution in [0.2, 0.25) is 0 Å². The van der Waals surface area contributed by atoms with Crippen LogP contribution in [-0.4, -0.2) is 35.8 Å². The number of hydrogen-bond acceptors (Lipinski definition) is 5. The molecule has 23 heavy (non-hydrogen) atoms. The number of unbranched alkanes of at least 4 members (excludes halogenated alkanes) is 1. The largest absolute Gasteiger partial charge is 0.480 e. The van der Waals surface area contributed by atoms with Gasteiger partial charge in [-0.05, 0) is 12.0 Å². The van der Waals surface area contributed by atoms with Crippen molar-refractivity contribution < 1.29 is 29.0 Å². The first-order valence-electron chi connectivity index (χ1n) is 7.38. The van der Waals surface area contributed by atoms with Crippen molar-refractivity contribution in [3.8, 4) is 0 Å². The van der Waals surface area contributed by atoms with Gasteiger partial charge in [-0.15, -0.1) is 0 Å². The quantitative estimate of drug-likeness (QED) is 0.533. The maximum absolute atomic E-state index is 11.7. The van der Waals surface area contributed by atoms with Crippen LogP contribution in [0.5, 0.6) is 0 Å². The molecule has 1 rings (SSSR count). The summed E-state index contributed by atoms with van der Waals surface area (Å²) in [6, 6.07) is 7.62. The summed E-state index contributed by atoms with van der Waals surface area (Å²) in [5, 5.41) is 11.2. The van der Waals surface area contributed by atoms with Crippen LogP contribution in [0, 0.1) is 0 Å². The van der Waals surface area contributed by atoms with E-state index in [4.69, 9.17) is 14.6 Å². The van der Waals surface area contributed by atoms with Crippen LogP contribution in [0.1, 0.15) is 31.7 Å². The Hall–Kier alpha value is -2.57. The van der Waals surface area contributed by atoms with Gasteiger partial charge in [0.2, 0.25) is 0 Å². The molecule has 0 aliphatic heterocycles. The molecule has 1 aromatic carbocycles. The molecule has 7 nitrogen and oxygen atoms in total. The van der Waals surface area contributed by atoms with Crippen molar-refractivity contribution in [1.29, 1.82) is 0 Å². The van der Waals surface area contributed by atoms with Gasteiger partial charge in [-0.2, -0.15) is 0 Å². The topological polar surface area (TPSA) is 102 Å². The van der Waals surface area contributed by atoms with E-state index in [0.29, 0.717) is 6.42 Å². The average molecular weight is 323 g/mol. The predicted molar refractivity (Wildman–Crippen MR) is 81.7 cm³/mol. The average Bonchev–Trinajstić information content (AvgIpc) is 2.53. The van der Waals surface area contributed by atoms with Crippen molar-refractivity contribution in [2.45, 2.75) is 38.8 Å². The van der Waals surface area contributed by atoms with Crippen LogP contribution in [0.15, 0.2) is 30.3 Å². The van der Waals surface area contributed by atoms with Crippen LogP contribution in [0.4, 0.5) is 4.79 Å². The van der Waals surface area contributed by atoms with Crippen molar-refractivity contribution in [2.24, 2.45) is 0 Å². The second kappa shape index (κ2) is 10.2. The number of carboxylic acid groups (broad SMARTS) is 1. The van der Waals surface area contributed by atoms with Crippen molar-refractivity contribution in [1.82, 2.24) is 5.32 Å². The molecule has 7 heteroatoms. The summed E-state index contributed by atoms with van der Waals surface area (Å²) in [6.07, 6.45) is 0.207. The Morgan fingerprint density at radius 2 is 1.87 bits per heavy atom. The number of carbonyl (C=O) groups excluding carboxylic acids is 2. The fourth-order valence-corrected chi connectivity index (χ4v) is 1.66. The van der Waals surface area contributed by atoms with E-state index in [1.807, 2.05) is 13.0 Å². The van der Waals surface area contributed by atoms with Gasteiger partial charge < -0.3 is 19.9 Å². The maximum Gasteiger partial charge on any atom is 0.407 e. The van der Waals surface area contributed by atoms with Gasteiger partial charge in [0, 0.05) is 0 Å². The van der Waals surface area contributed by atoms with Crippen molar-refractivity contribution in [3.05, 3.63) is 35.9 Å². The third kappa shape index (κ3) is 7.85. The van der Waals surface area contributed by atoms with Gasteiger partial charge in [-0.1, -0.05) is 43.7 Å². The summed E-state index contributed by atoms with van der Waals surface area (Å²) in [7, 11) is 0. The molecule has 1 atom stereocenters. The number of esters is 1. The monoisotopic (exact) mass is 323 g/mol. The van der Waals surface area contributed by atoms with E-state index in [2.05, 4.69) is 5.32 Å². The minimum atomic E-state index is -1.38. The molecule has 0 heterocycles. The van der Waals surface area contributed by atoms with E-state index in [-0.39, 0.29) is 13.2 Å². The first-order chi connectivity index (χ1) is 11.0. The zero-order valence-electron chi connectivity index (χ0n) is 13.0. The molecule has 126 valence electrons. The molecule has 0 aliphatic rings. The number of benzene rings is 1. The van der Waals surface area contributed by atoms with E-state index in [9.17, 15) is 14.4 Å². The normalized spacial score (nSPS) is 11.3. The van der Waals surface area contributed by atoms with Crippen LogP contribution in [-0.2, 0) is 25.7 Å². The Morgan fingerprint density at radius 3 is 2.48 bits per heavy atom. The molecule has 0 fully saturated rings. The lowest BCUT2D eigenvalue weighted by atomic mass is 10.2. The summed E-state index contributed by atoms with van der Waals surface area (Å²) >= 11 is 0. The summed E-state index contributed by atoms with van der Waals surface area (Å²) in [6.45, 7) is 2.18. The zero-order valence-corrected chi connectivity index (χ0v) is 13.0. The molecule has 1 unspecified atom stereocenters. The Bertz CT molecular complexity index is 517. The molecule has 0 saturated heterocycles. The Balaban J connectivity index is 2.40. The highest BCUT2D eigenvalue weighted by Gasteiger charge is 2.24. The van der Waals surface area contributed by atoms with Crippen LogP contribution in [0.25, 0.3) is 0 Å². The van der Waals surface area contributed by atoms with Gasteiger partial charge in [0.05, 0.1) is 13.0 Å². The minimum Gasteiger partial charge on any atom is -0.480 e. The fourth-order valence-electron chi connectivity index (χ4n) is 1.66. The van der Waals surface area contributed by atoms with Crippen molar-refractivity contribution in [2.75, 3.05) is 6.61 Å². The molecule has 0 saturated carbocycles. The SMILES string of the molecule is CCCCOC(=O)NC(CC(=O)OCc1ccccc1)C(=O)O. The summed E-state index contributed by atoms with van der Waals surface area (Å²) in [4.78, 5) is 34.2. The van der Waals surface area contributed by atoms with E-state index in [1.54, 1.807) is 24.3 Å². The lowest BCUT2D eigenvalue weighted by Gasteiger charge is -2.14. The van der Waals surface area contributed by atoms with Gasteiger partial charge in [0.15, 0.2) is 0 Å². The highest BCUT2D eigenvalue weighted by Crippen LogP contribution is 2.04. The lowest BCUT2D eigenvalue weighted by molar-refractivity contribution is -0.150. The number of nitrogens with one attached hydrogen (secondary N) is 1. The second-order valence-corrected chi connectivity index (χ2v) is 4.88. The Kier molecular flexibility index (Phi) is 8.20. The molecule has 0 radical (unpaired) electrons. The van der Waals surface area contributed by atoms with Gasteiger partial charge in [-0.25, -0.2) is 9.59 Å². The molecule has 1 aromatic rings. The minimum absolute atomic E-state index is 0.0486. The lowest BCUT2D eigenvalue weighted by Crippen LogP contribution is -2.42. The molecule has 1 amide bonds.